The van der Waals surface area contributed by atoms with Crippen LogP contribution >= 0.6 is 23.2 Å². The van der Waals surface area contributed by atoms with Gasteiger partial charge in [-0.2, -0.15) is 0 Å². The first kappa shape index (κ1) is 15.8. The third kappa shape index (κ3) is 4.46. The first-order chi connectivity index (χ1) is 8.60. The number of unbranched alkanes of at least 4 members (excludes halogenated alkanes) is 1. The molecule has 1 nitrogen and oxygen atoms in total. The van der Waals surface area contributed by atoms with Crippen molar-refractivity contribution in [1.29, 1.82) is 0 Å². The number of aliphatic hydroxyl groups excluding tert-OH is 1. The van der Waals surface area contributed by atoms with Gasteiger partial charge in [0.2, 0.25) is 0 Å². The summed E-state index contributed by atoms with van der Waals surface area (Å²) in [5.41, 5.74) is 0.864. The predicted molar refractivity (Wildman–Crippen MR) is 79.5 cm³/mol. The molecular weight excluding hydrogens is 267 g/mol. The summed E-state index contributed by atoms with van der Waals surface area (Å²) in [7, 11) is 0. The minimum atomic E-state index is -0.362. The van der Waals surface area contributed by atoms with E-state index in [1.54, 1.807) is 0 Å². The molecule has 1 rings (SSSR count). The van der Waals surface area contributed by atoms with Gasteiger partial charge in [-0.05, 0) is 30.0 Å². The monoisotopic (exact) mass is 288 g/mol. The molecule has 1 aromatic carbocycles. The largest absolute Gasteiger partial charge is 0.392 e. The van der Waals surface area contributed by atoms with Crippen molar-refractivity contribution in [2.75, 3.05) is 0 Å². The zero-order valence-electron chi connectivity index (χ0n) is 11.1. The van der Waals surface area contributed by atoms with E-state index in [0.717, 1.165) is 31.2 Å². The third-order valence-corrected chi connectivity index (χ3v) is 4.18. The lowest BCUT2D eigenvalue weighted by Gasteiger charge is -2.22. The lowest BCUT2D eigenvalue weighted by atomic mass is 9.89. The summed E-state index contributed by atoms with van der Waals surface area (Å²) in [5.74, 6) is 0.331. The average molecular weight is 289 g/mol. The Morgan fingerprint density at radius 2 is 1.78 bits per heavy atom. The van der Waals surface area contributed by atoms with Gasteiger partial charge in [-0.15, -0.1) is 0 Å². The summed E-state index contributed by atoms with van der Waals surface area (Å²) < 4.78 is 0. The lowest BCUT2D eigenvalue weighted by Crippen LogP contribution is -2.22. The first-order valence-corrected chi connectivity index (χ1v) is 7.46. The van der Waals surface area contributed by atoms with Crippen LogP contribution in [0.25, 0.3) is 0 Å². The number of hydrogen-bond acceptors (Lipinski definition) is 1. The normalized spacial score (nSPS) is 14.5. The Morgan fingerprint density at radius 3 is 2.28 bits per heavy atom. The van der Waals surface area contributed by atoms with Crippen LogP contribution in [-0.2, 0) is 6.42 Å². The highest BCUT2D eigenvalue weighted by Crippen LogP contribution is 2.28. The van der Waals surface area contributed by atoms with Crippen LogP contribution in [0.1, 0.15) is 45.1 Å². The van der Waals surface area contributed by atoms with Crippen LogP contribution in [0.5, 0.6) is 0 Å². The van der Waals surface area contributed by atoms with Gasteiger partial charge in [0.25, 0.3) is 0 Å². The Hall–Kier alpha value is -0.240. The molecule has 1 aromatic rings. The third-order valence-electron chi connectivity index (χ3n) is 3.47. The van der Waals surface area contributed by atoms with Gasteiger partial charge in [0.15, 0.2) is 0 Å². The van der Waals surface area contributed by atoms with Crippen LogP contribution in [0, 0.1) is 5.92 Å². The van der Waals surface area contributed by atoms with E-state index in [1.807, 2.05) is 18.2 Å². The van der Waals surface area contributed by atoms with Crippen LogP contribution < -0.4 is 0 Å². The summed E-state index contributed by atoms with van der Waals surface area (Å²) in [6.07, 6.45) is 4.56. The molecule has 0 aliphatic heterocycles. The highest BCUT2D eigenvalue weighted by atomic mass is 35.5. The van der Waals surface area contributed by atoms with E-state index in [9.17, 15) is 5.11 Å². The molecule has 0 aromatic heterocycles. The zero-order chi connectivity index (χ0) is 13.5. The van der Waals surface area contributed by atoms with Gasteiger partial charge < -0.3 is 5.11 Å². The zero-order valence-corrected chi connectivity index (χ0v) is 12.6. The minimum Gasteiger partial charge on any atom is -0.392 e. The Morgan fingerprint density at radius 1 is 1.17 bits per heavy atom. The quantitative estimate of drug-likeness (QED) is 0.739. The first-order valence-electron chi connectivity index (χ1n) is 6.71. The van der Waals surface area contributed by atoms with Gasteiger partial charge >= 0.3 is 0 Å². The molecule has 1 N–H and O–H groups in total. The van der Waals surface area contributed by atoms with Gasteiger partial charge in [0.05, 0.1) is 6.10 Å². The molecule has 102 valence electrons. The van der Waals surface area contributed by atoms with Gasteiger partial charge in [-0.3, -0.25) is 0 Å². The maximum atomic E-state index is 10.3. The standard InChI is InChI=1S/C15H22Cl2O/c1-3-5-7-11(4-2)15(18)10-12-13(16)8-6-9-14(12)17/h6,8-9,11,15,18H,3-5,7,10H2,1-2H3. The fourth-order valence-electron chi connectivity index (χ4n) is 2.24. The molecule has 2 atom stereocenters. The van der Waals surface area contributed by atoms with E-state index < -0.39 is 0 Å². The summed E-state index contributed by atoms with van der Waals surface area (Å²) in [6.45, 7) is 4.29. The maximum absolute atomic E-state index is 10.3. The molecule has 0 saturated heterocycles. The summed E-state index contributed by atoms with van der Waals surface area (Å²) in [6, 6.07) is 5.47. The molecule has 0 aliphatic rings. The highest BCUT2D eigenvalue weighted by molar-refractivity contribution is 6.35. The molecular formula is C15H22Cl2O. The van der Waals surface area contributed by atoms with E-state index >= 15 is 0 Å². The Bertz CT molecular complexity index is 345. The van der Waals surface area contributed by atoms with E-state index in [0.29, 0.717) is 22.4 Å². The lowest BCUT2D eigenvalue weighted by molar-refractivity contribution is 0.0988. The van der Waals surface area contributed by atoms with E-state index in [2.05, 4.69) is 13.8 Å². The topological polar surface area (TPSA) is 20.2 Å². The number of hydrogen-bond donors (Lipinski definition) is 1. The van der Waals surface area contributed by atoms with Crippen LogP contribution in [0.3, 0.4) is 0 Å². The van der Waals surface area contributed by atoms with Crippen molar-refractivity contribution in [1.82, 2.24) is 0 Å². The van der Waals surface area contributed by atoms with Crippen molar-refractivity contribution in [3.63, 3.8) is 0 Å². The molecule has 18 heavy (non-hydrogen) atoms. The molecule has 0 bridgehead atoms. The van der Waals surface area contributed by atoms with Gasteiger partial charge in [0.1, 0.15) is 0 Å². The van der Waals surface area contributed by atoms with Crippen molar-refractivity contribution in [2.45, 2.75) is 52.1 Å². The molecule has 0 radical (unpaired) electrons. The average Bonchev–Trinajstić information content (AvgIpc) is 2.35. The van der Waals surface area contributed by atoms with E-state index in [1.165, 1.54) is 0 Å². The fourth-order valence-corrected chi connectivity index (χ4v) is 2.79. The van der Waals surface area contributed by atoms with Crippen LogP contribution in [-0.4, -0.2) is 11.2 Å². The molecule has 2 unspecified atom stereocenters. The Balaban J connectivity index is 2.70. The van der Waals surface area contributed by atoms with Crippen LogP contribution in [0.15, 0.2) is 18.2 Å². The van der Waals surface area contributed by atoms with Crippen LogP contribution in [0.4, 0.5) is 0 Å². The molecule has 0 spiro atoms. The second kappa shape index (κ2) is 8.04. The minimum absolute atomic E-state index is 0.331. The molecule has 0 heterocycles. The summed E-state index contributed by atoms with van der Waals surface area (Å²) >= 11 is 12.3. The van der Waals surface area contributed by atoms with Crippen molar-refractivity contribution < 1.29 is 5.11 Å². The molecule has 0 aliphatic carbocycles. The van der Waals surface area contributed by atoms with Crippen molar-refractivity contribution in [3.05, 3.63) is 33.8 Å². The van der Waals surface area contributed by atoms with Crippen molar-refractivity contribution >= 4 is 23.2 Å². The Kier molecular flexibility index (Phi) is 7.06. The Labute approximate surface area is 120 Å². The SMILES string of the molecule is CCCCC(CC)C(O)Cc1c(Cl)cccc1Cl. The van der Waals surface area contributed by atoms with Crippen molar-refractivity contribution in [3.8, 4) is 0 Å². The van der Waals surface area contributed by atoms with Gasteiger partial charge in [-0.1, -0.05) is 62.4 Å². The van der Waals surface area contributed by atoms with E-state index in [4.69, 9.17) is 23.2 Å². The second-order valence-electron chi connectivity index (χ2n) is 4.78. The van der Waals surface area contributed by atoms with Crippen LogP contribution in [0.2, 0.25) is 10.0 Å². The van der Waals surface area contributed by atoms with E-state index in [-0.39, 0.29) is 6.10 Å². The number of rotatable bonds is 7. The molecule has 0 fully saturated rings. The number of aliphatic hydroxyl groups is 1. The van der Waals surface area contributed by atoms with Crippen molar-refractivity contribution in [2.24, 2.45) is 5.92 Å². The summed E-state index contributed by atoms with van der Waals surface area (Å²) in [4.78, 5) is 0. The fraction of sp³-hybridized carbons (Fsp3) is 0.600. The molecule has 0 saturated carbocycles. The number of benzene rings is 1. The predicted octanol–water partition coefficient (Wildman–Crippen LogP) is 5.11. The number of halogens is 2. The highest BCUT2D eigenvalue weighted by Gasteiger charge is 2.19. The van der Waals surface area contributed by atoms with Gasteiger partial charge in [0, 0.05) is 16.5 Å². The molecule has 0 amide bonds. The molecule has 3 heteroatoms. The smallest absolute Gasteiger partial charge is 0.0609 e. The summed E-state index contributed by atoms with van der Waals surface area (Å²) in [5, 5.41) is 11.6. The second-order valence-corrected chi connectivity index (χ2v) is 5.60. The maximum Gasteiger partial charge on any atom is 0.0609 e. The van der Waals surface area contributed by atoms with Gasteiger partial charge in [-0.25, -0.2) is 0 Å².